The summed E-state index contributed by atoms with van der Waals surface area (Å²) < 4.78 is 0. The van der Waals surface area contributed by atoms with Crippen molar-refractivity contribution >= 4 is 23.2 Å². The fraction of sp³-hybridized carbons (Fsp3) is 0.417. The zero-order valence-corrected chi connectivity index (χ0v) is 18.9. The number of nitrogens with one attached hydrogen (secondary N) is 1. The molecule has 2 aromatic rings. The van der Waals surface area contributed by atoms with E-state index in [1.165, 1.54) is 0 Å². The Hall–Kier alpha value is -3.02. The fourth-order valence-electron chi connectivity index (χ4n) is 2.91. The molecule has 2 amide bonds. The Kier molecular flexibility index (Phi) is 10.4. The molecule has 0 saturated heterocycles. The summed E-state index contributed by atoms with van der Waals surface area (Å²) in [7, 11) is 0. The van der Waals surface area contributed by atoms with Crippen LogP contribution in [0.4, 0.5) is 5.69 Å². The molecule has 30 heavy (non-hydrogen) atoms. The number of nitrogens with zero attached hydrogens (tertiary/aromatic N) is 2. The largest absolute Gasteiger partial charge is 0.368 e. The maximum atomic E-state index is 12.7. The first-order chi connectivity index (χ1) is 14.3. The van der Waals surface area contributed by atoms with Gasteiger partial charge in [0.2, 0.25) is 5.91 Å². The number of hydrogen-bond acceptors (Lipinski definition) is 4. The van der Waals surface area contributed by atoms with Gasteiger partial charge in [-0.15, -0.1) is 0 Å². The Morgan fingerprint density at radius 2 is 1.73 bits per heavy atom. The van der Waals surface area contributed by atoms with E-state index in [9.17, 15) is 9.59 Å². The molecular weight excluding hydrogens is 376 g/mol. The first kappa shape index (κ1) is 25.0. The predicted octanol–water partition coefficient (Wildman–Crippen LogP) is 4.44. The molecule has 0 fully saturated rings. The van der Waals surface area contributed by atoms with Crippen LogP contribution >= 0.6 is 0 Å². The van der Waals surface area contributed by atoms with Crippen molar-refractivity contribution in [2.45, 2.75) is 60.4 Å². The zero-order chi connectivity index (χ0) is 22.7. The third-order valence-corrected chi connectivity index (χ3v) is 4.47. The Morgan fingerprint density at radius 1 is 1.10 bits per heavy atom. The van der Waals surface area contributed by atoms with Gasteiger partial charge in [0, 0.05) is 23.7 Å². The van der Waals surface area contributed by atoms with E-state index in [1.54, 1.807) is 24.5 Å². The summed E-state index contributed by atoms with van der Waals surface area (Å²) in [6, 6.07) is 8.50. The minimum Gasteiger partial charge on any atom is -0.368 e. The van der Waals surface area contributed by atoms with E-state index in [0.717, 1.165) is 28.9 Å². The molecule has 0 aliphatic rings. The molecule has 1 aromatic heterocycles. The molecule has 0 aliphatic heterocycles. The van der Waals surface area contributed by atoms with Crippen LogP contribution in [0.2, 0.25) is 0 Å². The first-order valence-electron chi connectivity index (χ1n) is 10.5. The molecule has 1 heterocycles. The summed E-state index contributed by atoms with van der Waals surface area (Å²) in [6.45, 7) is 11.9. The minimum absolute atomic E-state index is 0.239. The maximum Gasteiger partial charge on any atom is 0.252 e. The topological polar surface area (TPSA) is 97.4 Å². The van der Waals surface area contributed by atoms with Crippen LogP contribution in [0.5, 0.6) is 0 Å². The van der Waals surface area contributed by atoms with Gasteiger partial charge in [-0.2, -0.15) is 0 Å². The quantitative estimate of drug-likeness (QED) is 0.630. The van der Waals surface area contributed by atoms with Gasteiger partial charge in [0.15, 0.2) is 0 Å². The van der Waals surface area contributed by atoms with E-state index >= 15 is 0 Å². The summed E-state index contributed by atoms with van der Waals surface area (Å²) in [5.74, 6) is -0.618. The molecule has 1 unspecified atom stereocenters. The third-order valence-electron chi connectivity index (χ3n) is 4.47. The van der Waals surface area contributed by atoms with Gasteiger partial charge < -0.3 is 11.1 Å². The number of carbonyl (C=O) groups is 2. The highest BCUT2D eigenvalue weighted by molar-refractivity contribution is 6.01. The van der Waals surface area contributed by atoms with E-state index in [2.05, 4.69) is 10.3 Å². The number of aromatic nitrogens is 1. The van der Waals surface area contributed by atoms with Crippen LogP contribution in [0.15, 0.2) is 47.7 Å². The van der Waals surface area contributed by atoms with Crippen LogP contribution in [0, 0.1) is 5.92 Å². The second-order valence-electron chi connectivity index (χ2n) is 7.19. The van der Waals surface area contributed by atoms with Crippen LogP contribution in [0.25, 0.3) is 0 Å². The summed E-state index contributed by atoms with van der Waals surface area (Å²) >= 11 is 0. The summed E-state index contributed by atoms with van der Waals surface area (Å²) in [6.07, 6.45) is 4.73. The monoisotopic (exact) mass is 410 g/mol. The molecule has 1 atom stereocenters. The van der Waals surface area contributed by atoms with Crippen LogP contribution < -0.4 is 11.1 Å². The van der Waals surface area contributed by atoms with E-state index in [1.807, 2.05) is 59.7 Å². The smallest absolute Gasteiger partial charge is 0.252 e. The molecule has 1 aromatic carbocycles. The summed E-state index contributed by atoms with van der Waals surface area (Å²) in [5, 5.41) is 2.74. The van der Waals surface area contributed by atoms with Gasteiger partial charge in [0.05, 0.1) is 5.69 Å². The van der Waals surface area contributed by atoms with Crippen molar-refractivity contribution < 1.29 is 9.59 Å². The van der Waals surface area contributed by atoms with Crippen molar-refractivity contribution in [1.29, 1.82) is 0 Å². The standard InChI is InChI=1S/C22H28N4O2.C2H6/c1-5-16-6-7-18(22(28)26-20(21(23)27)12-14(2)3)13-19(16)25-15(4)17-8-10-24-11-9-17;1-2/h6-11,13-14,20H,5,12H2,1-4H3,(H2,23,27)(H,26,28);1-2H3. The molecule has 0 saturated carbocycles. The number of nitrogens with two attached hydrogens (primary N) is 1. The zero-order valence-electron chi connectivity index (χ0n) is 18.9. The number of pyridine rings is 1. The maximum absolute atomic E-state index is 12.7. The van der Waals surface area contributed by atoms with Gasteiger partial charge in [0.25, 0.3) is 5.91 Å². The number of primary amides is 1. The van der Waals surface area contributed by atoms with E-state index < -0.39 is 11.9 Å². The van der Waals surface area contributed by atoms with Crippen molar-refractivity contribution in [3.05, 3.63) is 59.4 Å². The van der Waals surface area contributed by atoms with Crippen LogP contribution in [0.1, 0.15) is 69.4 Å². The highest BCUT2D eigenvalue weighted by atomic mass is 16.2. The molecule has 0 spiro atoms. The Labute approximate surface area is 180 Å². The van der Waals surface area contributed by atoms with Gasteiger partial charge in [0.1, 0.15) is 6.04 Å². The van der Waals surface area contributed by atoms with Crippen LogP contribution in [-0.2, 0) is 11.2 Å². The average molecular weight is 411 g/mol. The molecule has 162 valence electrons. The lowest BCUT2D eigenvalue weighted by Crippen LogP contribution is -2.45. The second-order valence-corrected chi connectivity index (χ2v) is 7.19. The number of benzene rings is 1. The molecule has 3 N–H and O–H groups in total. The lowest BCUT2D eigenvalue weighted by Gasteiger charge is -2.18. The number of aliphatic imine (C=N–C) groups is 1. The number of aryl methyl sites for hydroxylation is 1. The molecular formula is C24H34N4O2. The lowest BCUT2D eigenvalue weighted by atomic mass is 10.0. The Morgan fingerprint density at radius 3 is 2.27 bits per heavy atom. The molecule has 0 bridgehead atoms. The van der Waals surface area contributed by atoms with E-state index in [0.29, 0.717) is 12.0 Å². The number of hydrogen-bond donors (Lipinski definition) is 2. The summed E-state index contributed by atoms with van der Waals surface area (Å²) in [5.41, 5.74) is 9.48. The number of carbonyl (C=O) groups excluding carboxylic acids is 2. The number of rotatable bonds is 8. The molecule has 0 radical (unpaired) electrons. The highest BCUT2D eigenvalue weighted by Gasteiger charge is 2.20. The van der Waals surface area contributed by atoms with Gasteiger partial charge in [-0.3, -0.25) is 19.6 Å². The van der Waals surface area contributed by atoms with Crippen molar-refractivity contribution in [2.24, 2.45) is 16.6 Å². The predicted molar refractivity (Wildman–Crippen MR) is 123 cm³/mol. The first-order valence-corrected chi connectivity index (χ1v) is 10.5. The van der Waals surface area contributed by atoms with Crippen LogP contribution in [0.3, 0.4) is 0 Å². The van der Waals surface area contributed by atoms with Gasteiger partial charge in [-0.05, 0) is 61.1 Å². The SMILES string of the molecule is CC.CCc1ccc(C(=O)NC(CC(C)C)C(N)=O)cc1N=C(C)c1ccncc1. The molecule has 6 heteroatoms. The third kappa shape index (κ3) is 7.43. The molecule has 2 rings (SSSR count). The number of amides is 2. The second kappa shape index (κ2) is 12.5. The minimum atomic E-state index is -0.691. The average Bonchev–Trinajstić information content (AvgIpc) is 2.74. The van der Waals surface area contributed by atoms with Gasteiger partial charge in [-0.25, -0.2) is 0 Å². The molecule has 6 nitrogen and oxygen atoms in total. The van der Waals surface area contributed by atoms with E-state index in [4.69, 9.17) is 10.7 Å². The summed E-state index contributed by atoms with van der Waals surface area (Å²) in [4.78, 5) is 33.1. The Bertz CT molecular complexity index is 861. The fourth-order valence-corrected chi connectivity index (χ4v) is 2.91. The highest BCUT2D eigenvalue weighted by Crippen LogP contribution is 2.23. The normalized spacial score (nSPS) is 12.0. The van der Waals surface area contributed by atoms with E-state index in [-0.39, 0.29) is 11.8 Å². The molecule has 0 aliphatic carbocycles. The van der Waals surface area contributed by atoms with Crippen molar-refractivity contribution in [3.63, 3.8) is 0 Å². The lowest BCUT2D eigenvalue weighted by molar-refractivity contribution is -0.120. The van der Waals surface area contributed by atoms with Crippen molar-refractivity contribution in [3.8, 4) is 0 Å². The van der Waals surface area contributed by atoms with Crippen LogP contribution in [-0.4, -0.2) is 28.6 Å². The van der Waals surface area contributed by atoms with Gasteiger partial charge >= 0.3 is 0 Å². The van der Waals surface area contributed by atoms with Gasteiger partial charge in [-0.1, -0.05) is 40.7 Å². The van der Waals surface area contributed by atoms with Crippen molar-refractivity contribution in [1.82, 2.24) is 10.3 Å². The Balaban J connectivity index is 0.00000218. The van der Waals surface area contributed by atoms with Crippen molar-refractivity contribution in [2.75, 3.05) is 0 Å².